The van der Waals surface area contributed by atoms with E-state index in [9.17, 15) is 0 Å². The van der Waals surface area contributed by atoms with E-state index in [0.29, 0.717) is 6.10 Å². The normalized spacial score (nSPS) is 27.4. The van der Waals surface area contributed by atoms with Crippen molar-refractivity contribution in [2.24, 2.45) is 0 Å². The molecule has 1 aliphatic heterocycles. The highest BCUT2D eigenvalue weighted by atomic mass is 16.5. The van der Waals surface area contributed by atoms with Crippen molar-refractivity contribution in [1.29, 1.82) is 0 Å². The molecule has 8 heavy (non-hydrogen) atoms. The van der Waals surface area contributed by atoms with Crippen LogP contribution in [0.5, 0.6) is 0 Å². The van der Waals surface area contributed by atoms with Crippen LogP contribution in [0.1, 0.15) is 26.2 Å². The minimum atomic E-state index is 0.579. The summed E-state index contributed by atoms with van der Waals surface area (Å²) in [6, 6.07) is 0. The van der Waals surface area contributed by atoms with Gasteiger partial charge in [-0.05, 0) is 19.3 Å². The van der Waals surface area contributed by atoms with Crippen LogP contribution in [0.3, 0.4) is 0 Å². The Balaban J connectivity index is 1.86. The second kappa shape index (κ2) is 3.08. The van der Waals surface area contributed by atoms with E-state index in [1.165, 1.54) is 12.8 Å². The maximum absolute atomic E-state index is 5.20. The SMILES string of the molecule is CC[CH]CC1CCO1. The first kappa shape index (κ1) is 6.09. The van der Waals surface area contributed by atoms with Gasteiger partial charge in [-0.1, -0.05) is 13.3 Å². The largest absolute Gasteiger partial charge is 0.378 e. The molecule has 1 rings (SSSR count). The van der Waals surface area contributed by atoms with Crippen molar-refractivity contribution < 1.29 is 4.74 Å². The zero-order valence-electron chi connectivity index (χ0n) is 5.39. The van der Waals surface area contributed by atoms with Gasteiger partial charge in [0.15, 0.2) is 0 Å². The molecular weight excluding hydrogens is 100 g/mol. The molecule has 0 aromatic rings. The van der Waals surface area contributed by atoms with Gasteiger partial charge in [0.2, 0.25) is 0 Å². The lowest BCUT2D eigenvalue weighted by molar-refractivity contribution is -0.0499. The zero-order chi connectivity index (χ0) is 5.82. The van der Waals surface area contributed by atoms with Crippen molar-refractivity contribution in [1.82, 2.24) is 0 Å². The van der Waals surface area contributed by atoms with Crippen LogP contribution >= 0.6 is 0 Å². The summed E-state index contributed by atoms with van der Waals surface area (Å²) in [5.41, 5.74) is 0. The molecule has 0 amide bonds. The fraction of sp³-hybridized carbons (Fsp3) is 0.857. The molecule has 1 heterocycles. The van der Waals surface area contributed by atoms with E-state index >= 15 is 0 Å². The van der Waals surface area contributed by atoms with Gasteiger partial charge in [0.1, 0.15) is 0 Å². The molecule has 1 unspecified atom stereocenters. The van der Waals surface area contributed by atoms with E-state index < -0.39 is 0 Å². The third-order valence-electron chi connectivity index (χ3n) is 1.51. The number of hydrogen-bond acceptors (Lipinski definition) is 1. The number of rotatable bonds is 3. The van der Waals surface area contributed by atoms with Gasteiger partial charge >= 0.3 is 0 Å². The summed E-state index contributed by atoms with van der Waals surface area (Å²) >= 11 is 0. The standard InChI is InChI=1S/C7H13O/c1-2-3-4-7-5-6-8-7/h3,7H,2,4-6H2,1H3. The van der Waals surface area contributed by atoms with Crippen molar-refractivity contribution in [2.75, 3.05) is 6.61 Å². The average Bonchev–Trinajstić information content (AvgIpc) is 1.63. The van der Waals surface area contributed by atoms with Crippen LogP contribution in [-0.2, 0) is 4.74 Å². The molecule has 1 atom stereocenters. The first-order valence-electron chi connectivity index (χ1n) is 3.36. The van der Waals surface area contributed by atoms with E-state index in [1.807, 2.05) is 0 Å². The minimum Gasteiger partial charge on any atom is -0.378 e. The molecule has 1 nitrogen and oxygen atoms in total. The number of hydrogen-bond donors (Lipinski definition) is 0. The van der Waals surface area contributed by atoms with Gasteiger partial charge in [-0.2, -0.15) is 0 Å². The van der Waals surface area contributed by atoms with Crippen molar-refractivity contribution in [3.63, 3.8) is 0 Å². The van der Waals surface area contributed by atoms with Gasteiger partial charge in [0.05, 0.1) is 6.10 Å². The van der Waals surface area contributed by atoms with E-state index in [-0.39, 0.29) is 0 Å². The summed E-state index contributed by atoms with van der Waals surface area (Å²) < 4.78 is 5.20. The summed E-state index contributed by atoms with van der Waals surface area (Å²) in [6.07, 6.45) is 6.48. The fourth-order valence-electron chi connectivity index (χ4n) is 0.823. The molecule has 1 heteroatoms. The number of ether oxygens (including phenoxy) is 1. The van der Waals surface area contributed by atoms with Gasteiger partial charge in [-0.25, -0.2) is 0 Å². The fourth-order valence-corrected chi connectivity index (χ4v) is 0.823. The van der Waals surface area contributed by atoms with Crippen molar-refractivity contribution in [3.05, 3.63) is 6.42 Å². The lowest BCUT2D eigenvalue weighted by Crippen LogP contribution is -2.26. The van der Waals surface area contributed by atoms with Crippen LogP contribution in [0.25, 0.3) is 0 Å². The maximum Gasteiger partial charge on any atom is 0.0599 e. The van der Waals surface area contributed by atoms with Gasteiger partial charge in [0.25, 0.3) is 0 Å². The highest BCUT2D eigenvalue weighted by Gasteiger charge is 2.16. The predicted molar refractivity (Wildman–Crippen MR) is 33.6 cm³/mol. The number of unbranched alkanes of at least 4 members (excludes halogenated alkanes) is 1. The molecule has 47 valence electrons. The summed E-state index contributed by atoms with van der Waals surface area (Å²) in [6.45, 7) is 3.15. The monoisotopic (exact) mass is 113 g/mol. The molecule has 0 N–H and O–H groups in total. The van der Waals surface area contributed by atoms with Crippen LogP contribution in [0.15, 0.2) is 0 Å². The van der Waals surface area contributed by atoms with Gasteiger partial charge < -0.3 is 4.74 Å². The van der Waals surface area contributed by atoms with Crippen LogP contribution in [-0.4, -0.2) is 12.7 Å². The van der Waals surface area contributed by atoms with Crippen LogP contribution < -0.4 is 0 Å². The summed E-state index contributed by atoms with van der Waals surface area (Å²) in [7, 11) is 0. The van der Waals surface area contributed by atoms with Crippen molar-refractivity contribution in [2.45, 2.75) is 32.3 Å². The quantitative estimate of drug-likeness (QED) is 0.542. The zero-order valence-corrected chi connectivity index (χ0v) is 5.39. The van der Waals surface area contributed by atoms with Crippen molar-refractivity contribution in [3.8, 4) is 0 Å². The summed E-state index contributed by atoms with van der Waals surface area (Å²) in [5.74, 6) is 0. The van der Waals surface area contributed by atoms with E-state index in [1.54, 1.807) is 0 Å². The lowest BCUT2D eigenvalue weighted by Gasteiger charge is -2.25. The predicted octanol–water partition coefficient (Wildman–Crippen LogP) is 1.78. The lowest BCUT2D eigenvalue weighted by atomic mass is 10.1. The highest BCUT2D eigenvalue weighted by Crippen LogP contribution is 2.16. The van der Waals surface area contributed by atoms with Crippen molar-refractivity contribution >= 4 is 0 Å². The first-order chi connectivity index (χ1) is 3.93. The minimum absolute atomic E-state index is 0.579. The molecule has 1 radical (unpaired) electrons. The Morgan fingerprint density at radius 3 is 2.88 bits per heavy atom. The summed E-state index contributed by atoms with van der Waals surface area (Å²) in [5, 5.41) is 0. The smallest absolute Gasteiger partial charge is 0.0599 e. The topological polar surface area (TPSA) is 9.23 Å². The third kappa shape index (κ3) is 1.48. The maximum atomic E-state index is 5.20. The second-order valence-corrected chi connectivity index (χ2v) is 2.21. The van der Waals surface area contributed by atoms with E-state index in [0.717, 1.165) is 13.0 Å². The second-order valence-electron chi connectivity index (χ2n) is 2.21. The molecule has 0 spiro atoms. The molecule has 1 fully saturated rings. The van der Waals surface area contributed by atoms with Crippen LogP contribution in [0.2, 0.25) is 0 Å². The third-order valence-corrected chi connectivity index (χ3v) is 1.51. The first-order valence-corrected chi connectivity index (χ1v) is 3.36. The summed E-state index contributed by atoms with van der Waals surface area (Å²) in [4.78, 5) is 0. The van der Waals surface area contributed by atoms with E-state index in [4.69, 9.17) is 4.74 Å². The van der Waals surface area contributed by atoms with Gasteiger partial charge in [0, 0.05) is 6.61 Å². The Morgan fingerprint density at radius 1 is 1.75 bits per heavy atom. The van der Waals surface area contributed by atoms with Crippen LogP contribution in [0, 0.1) is 6.42 Å². The Kier molecular flexibility index (Phi) is 2.34. The molecule has 0 bridgehead atoms. The van der Waals surface area contributed by atoms with Gasteiger partial charge in [-0.15, -0.1) is 0 Å². The van der Waals surface area contributed by atoms with Crippen LogP contribution in [0.4, 0.5) is 0 Å². The average molecular weight is 113 g/mol. The molecule has 0 aromatic carbocycles. The van der Waals surface area contributed by atoms with E-state index in [2.05, 4.69) is 13.3 Å². The Hall–Kier alpha value is -0.0400. The van der Waals surface area contributed by atoms with Gasteiger partial charge in [-0.3, -0.25) is 0 Å². The molecule has 0 aromatic heterocycles. The highest BCUT2D eigenvalue weighted by molar-refractivity contribution is 4.74. The Morgan fingerprint density at radius 2 is 2.50 bits per heavy atom. The molecule has 1 aliphatic rings. The molecule has 1 saturated heterocycles. The Bertz CT molecular complexity index is 57.4. The molecule has 0 aliphatic carbocycles. The molecule has 0 saturated carbocycles. The molecular formula is C7H13O. The Labute approximate surface area is 51.0 Å².